The van der Waals surface area contributed by atoms with Crippen LogP contribution in [-0.2, 0) is 31.4 Å². The summed E-state index contributed by atoms with van der Waals surface area (Å²) in [6.07, 6.45) is 0.206. The maximum atomic E-state index is 13.0. The van der Waals surface area contributed by atoms with E-state index in [2.05, 4.69) is 15.0 Å². The maximum Gasteiger partial charge on any atom is 0.252 e. The van der Waals surface area contributed by atoms with Gasteiger partial charge in [0.25, 0.3) is 5.91 Å². The molecule has 1 aliphatic rings. The number of benzene rings is 2. The third-order valence-corrected chi connectivity index (χ3v) is 6.64. The average Bonchev–Trinajstić information content (AvgIpc) is 3.36. The first-order valence-corrected chi connectivity index (χ1v) is 11.4. The Bertz CT molecular complexity index is 1540. The summed E-state index contributed by atoms with van der Waals surface area (Å²) in [6.45, 7) is 10.1. The number of nitrogens with zero attached hydrogens (tertiary/aromatic N) is 6. The molecular formula is C25H22ClN7O2. The van der Waals surface area contributed by atoms with Crippen LogP contribution in [0, 0.1) is 13.5 Å². The molecule has 0 spiro atoms. The van der Waals surface area contributed by atoms with E-state index >= 15 is 0 Å². The lowest BCUT2D eigenvalue weighted by Crippen LogP contribution is -2.40. The number of carbonyl (C=O) groups excluding carboxylic acids is 2. The molecule has 0 saturated carbocycles. The molecule has 1 aliphatic heterocycles. The first kappa shape index (κ1) is 22.6. The van der Waals surface area contributed by atoms with Crippen LogP contribution in [0.25, 0.3) is 27.0 Å². The first-order chi connectivity index (χ1) is 16.8. The number of rotatable bonds is 4. The van der Waals surface area contributed by atoms with Crippen molar-refractivity contribution in [3.63, 3.8) is 0 Å². The highest BCUT2D eigenvalue weighted by molar-refractivity contribution is 6.35. The van der Waals surface area contributed by atoms with Gasteiger partial charge in [-0.05, 0) is 24.6 Å². The summed E-state index contributed by atoms with van der Waals surface area (Å²) in [4.78, 5) is 30.7. The lowest BCUT2D eigenvalue weighted by molar-refractivity contribution is -0.132. The highest BCUT2D eigenvalue weighted by Crippen LogP contribution is 2.35. The molecule has 0 fully saturated rings. The summed E-state index contributed by atoms with van der Waals surface area (Å²) < 4.78 is 3.47. The van der Waals surface area contributed by atoms with Gasteiger partial charge in [0, 0.05) is 24.5 Å². The van der Waals surface area contributed by atoms with Crippen LogP contribution < -0.4 is 5.73 Å². The molecule has 2 amide bonds. The molecule has 9 nitrogen and oxygen atoms in total. The summed E-state index contributed by atoms with van der Waals surface area (Å²) in [5.74, 6) is -0.676. The molecule has 3 heterocycles. The fourth-order valence-electron chi connectivity index (χ4n) is 4.64. The number of aromatic nitrogens is 4. The van der Waals surface area contributed by atoms with Crippen LogP contribution in [0.2, 0.25) is 5.02 Å². The molecule has 0 aliphatic carbocycles. The van der Waals surface area contributed by atoms with Crippen molar-refractivity contribution in [3.8, 4) is 11.3 Å². The highest BCUT2D eigenvalue weighted by atomic mass is 35.5. The second-order valence-corrected chi connectivity index (χ2v) is 9.00. The minimum Gasteiger partial charge on any atom is -0.365 e. The number of aryl methyl sites for hydroxylation is 2. The number of fused-ring (bicyclic) bond motifs is 2. The van der Waals surface area contributed by atoms with Gasteiger partial charge >= 0.3 is 0 Å². The fourth-order valence-corrected chi connectivity index (χ4v) is 4.98. The van der Waals surface area contributed by atoms with Crippen molar-refractivity contribution < 1.29 is 9.59 Å². The summed E-state index contributed by atoms with van der Waals surface area (Å²) in [7, 11) is 1.83. The maximum absolute atomic E-state index is 13.0. The summed E-state index contributed by atoms with van der Waals surface area (Å²) >= 11 is 6.57. The van der Waals surface area contributed by atoms with E-state index in [4.69, 9.17) is 23.9 Å². The number of primary amides is 1. The van der Waals surface area contributed by atoms with Crippen LogP contribution in [0.15, 0.2) is 36.4 Å². The van der Waals surface area contributed by atoms with Crippen LogP contribution in [0.5, 0.6) is 0 Å². The molecule has 4 aromatic rings. The Labute approximate surface area is 206 Å². The predicted molar refractivity (Wildman–Crippen MR) is 132 cm³/mol. The number of hydrogen-bond acceptors (Lipinski definition) is 4. The molecular weight excluding hydrogens is 466 g/mol. The number of nitrogens with two attached hydrogens (primary N) is 1. The summed E-state index contributed by atoms with van der Waals surface area (Å²) in [5.41, 5.74) is 10.8. The molecule has 2 aromatic carbocycles. The van der Waals surface area contributed by atoms with Gasteiger partial charge in [-0.1, -0.05) is 35.9 Å². The third kappa shape index (κ3) is 3.92. The summed E-state index contributed by atoms with van der Waals surface area (Å²) in [6, 6.07) is 10.6. The fraction of sp³-hybridized carbons (Fsp3) is 0.240. The van der Waals surface area contributed by atoms with Gasteiger partial charge in [0.15, 0.2) is 5.69 Å². The Morgan fingerprint density at radius 3 is 2.60 bits per heavy atom. The van der Waals surface area contributed by atoms with Gasteiger partial charge in [-0.15, -0.1) is 0 Å². The molecule has 0 radical (unpaired) electrons. The molecule has 2 aromatic heterocycles. The number of hydrogen-bond donors (Lipinski definition) is 1. The normalized spacial score (nSPS) is 13.0. The third-order valence-electron chi connectivity index (χ3n) is 6.35. The molecule has 0 unspecified atom stereocenters. The Balaban J connectivity index is 1.48. The van der Waals surface area contributed by atoms with Crippen molar-refractivity contribution in [3.05, 3.63) is 75.4 Å². The van der Waals surface area contributed by atoms with Gasteiger partial charge in [-0.3, -0.25) is 19.0 Å². The van der Waals surface area contributed by atoms with E-state index < -0.39 is 5.91 Å². The van der Waals surface area contributed by atoms with Crippen molar-refractivity contribution in [2.24, 2.45) is 12.8 Å². The smallest absolute Gasteiger partial charge is 0.252 e. The van der Waals surface area contributed by atoms with Gasteiger partial charge in [0.05, 0.1) is 53.6 Å². The molecule has 0 saturated heterocycles. The van der Waals surface area contributed by atoms with Gasteiger partial charge in [0.1, 0.15) is 5.69 Å². The molecule has 176 valence electrons. The SMILES string of the molecule is [C-]#[N+]c1ccc(CC(=O)N2CCn3nc(-c4cc(Cl)c5c(c4)c(C)nn5C)c(C(N)=O)c3C2)cc1. The predicted octanol–water partition coefficient (Wildman–Crippen LogP) is 3.63. The zero-order chi connectivity index (χ0) is 24.9. The molecule has 35 heavy (non-hydrogen) atoms. The average molecular weight is 488 g/mol. The van der Waals surface area contributed by atoms with Crippen molar-refractivity contribution >= 4 is 40.0 Å². The Morgan fingerprint density at radius 1 is 1.17 bits per heavy atom. The first-order valence-electron chi connectivity index (χ1n) is 11.0. The minimum atomic E-state index is -0.607. The standard InChI is InChI=1S/C25H22ClN7O2/c1-14-18-11-16(12-19(26)24(18)31(3)29-14)23-22(25(27)35)20-13-32(8-9-33(20)30-23)21(34)10-15-4-6-17(28-2)7-5-15/h4-7,11-12H,8-10,13H2,1,3H3,(H2,27,35). The number of amides is 2. The Kier molecular flexibility index (Phi) is 5.53. The van der Waals surface area contributed by atoms with Gasteiger partial charge in [-0.2, -0.15) is 10.2 Å². The molecule has 10 heteroatoms. The van der Waals surface area contributed by atoms with Gasteiger partial charge < -0.3 is 10.6 Å². The summed E-state index contributed by atoms with van der Waals surface area (Å²) in [5, 5.41) is 10.5. The zero-order valence-electron chi connectivity index (χ0n) is 19.2. The molecule has 5 rings (SSSR count). The Morgan fingerprint density at radius 2 is 1.91 bits per heavy atom. The quantitative estimate of drug-likeness (QED) is 0.444. The number of halogens is 1. The lowest BCUT2D eigenvalue weighted by atomic mass is 10.0. The van der Waals surface area contributed by atoms with E-state index in [0.717, 1.165) is 22.2 Å². The van der Waals surface area contributed by atoms with Gasteiger partial charge in [-0.25, -0.2) is 4.85 Å². The van der Waals surface area contributed by atoms with E-state index in [1.165, 1.54) is 0 Å². The number of carbonyl (C=O) groups is 2. The largest absolute Gasteiger partial charge is 0.365 e. The van der Waals surface area contributed by atoms with Crippen LogP contribution in [0.4, 0.5) is 5.69 Å². The lowest BCUT2D eigenvalue weighted by Gasteiger charge is -2.28. The van der Waals surface area contributed by atoms with Crippen LogP contribution in [-0.4, -0.2) is 42.8 Å². The van der Waals surface area contributed by atoms with E-state index in [1.807, 2.05) is 20.0 Å². The van der Waals surface area contributed by atoms with Crippen molar-refractivity contribution in [1.82, 2.24) is 24.5 Å². The second kappa shape index (κ2) is 8.56. The van der Waals surface area contributed by atoms with E-state index in [1.54, 1.807) is 44.6 Å². The van der Waals surface area contributed by atoms with Crippen LogP contribution >= 0.6 is 11.6 Å². The van der Waals surface area contributed by atoms with Gasteiger partial charge in [0.2, 0.25) is 5.91 Å². The van der Waals surface area contributed by atoms with Crippen molar-refractivity contribution in [2.45, 2.75) is 26.4 Å². The highest BCUT2D eigenvalue weighted by Gasteiger charge is 2.30. The Hall–Kier alpha value is -4.16. The van der Waals surface area contributed by atoms with E-state index in [9.17, 15) is 9.59 Å². The van der Waals surface area contributed by atoms with E-state index in [-0.39, 0.29) is 18.9 Å². The molecule has 2 N–H and O–H groups in total. The minimum absolute atomic E-state index is 0.0690. The van der Waals surface area contributed by atoms with Crippen molar-refractivity contribution in [2.75, 3.05) is 6.54 Å². The topological polar surface area (TPSA) is 103 Å². The molecule has 0 atom stereocenters. The second-order valence-electron chi connectivity index (χ2n) is 8.59. The van der Waals surface area contributed by atoms with Crippen molar-refractivity contribution in [1.29, 1.82) is 0 Å². The zero-order valence-corrected chi connectivity index (χ0v) is 20.0. The molecule has 0 bridgehead atoms. The monoisotopic (exact) mass is 487 g/mol. The van der Waals surface area contributed by atoms with E-state index in [0.29, 0.717) is 46.3 Å². The van der Waals surface area contributed by atoms with Crippen LogP contribution in [0.3, 0.4) is 0 Å². The van der Waals surface area contributed by atoms with Crippen LogP contribution in [0.1, 0.15) is 27.3 Å².